The monoisotopic (exact) mass is 269 g/mol. The molecular weight excluding hydrogens is 254 g/mol. The predicted octanol–water partition coefficient (Wildman–Crippen LogP) is 0.720. The van der Waals surface area contributed by atoms with Gasteiger partial charge in [0.25, 0.3) is 0 Å². The number of nitrogens with two attached hydrogens (primary N) is 2. The highest BCUT2D eigenvalue weighted by molar-refractivity contribution is 6.31. The van der Waals surface area contributed by atoms with Crippen LogP contribution in [-0.2, 0) is 9.59 Å². The van der Waals surface area contributed by atoms with Crippen molar-refractivity contribution in [2.24, 2.45) is 11.5 Å². The number of hydrogen-bond acceptors (Lipinski definition) is 3. The topological polar surface area (TPSA) is 98.2 Å². The fourth-order valence-corrected chi connectivity index (χ4v) is 1.83. The first-order chi connectivity index (χ1) is 8.41. The molecule has 0 saturated carbocycles. The summed E-state index contributed by atoms with van der Waals surface area (Å²) in [6.45, 7) is 1.79. The number of benzene rings is 1. The maximum atomic E-state index is 11.7. The highest BCUT2D eigenvalue weighted by atomic mass is 35.5. The molecule has 2 amide bonds. The van der Waals surface area contributed by atoms with Crippen molar-refractivity contribution in [3.8, 4) is 0 Å². The van der Waals surface area contributed by atoms with Crippen LogP contribution in [0, 0.1) is 0 Å². The Labute approximate surface area is 110 Å². The van der Waals surface area contributed by atoms with E-state index >= 15 is 0 Å². The van der Waals surface area contributed by atoms with Gasteiger partial charge in [-0.1, -0.05) is 29.8 Å². The van der Waals surface area contributed by atoms with Crippen molar-refractivity contribution in [2.45, 2.75) is 25.4 Å². The third kappa shape index (κ3) is 4.01. The van der Waals surface area contributed by atoms with Gasteiger partial charge in [-0.25, -0.2) is 0 Å². The number of amides is 2. The Morgan fingerprint density at radius 3 is 2.56 bits per heavy atom. The van der Waals surface area contributed by atoms with Crippen LogP contribution in [0.5, 0.6) is 0 Å². The van der Waals surface area contributed by atoms with Crippen LogP contribution in [0.2, 0.25) is 5.02 Å². The van der Waals surface area contributed by atoms with Crippen molar-refractivity contribution in [1.82, 2.24) is 5.32 Å². The van der Waals surface area contributed by atoms with E-state index in [1.807, 2.05) is 12.1 Å². The average Bonchev–Trinajstić information content (AvgIpc) is 2.28. The maximum absolute atomic E-state index is 11.7. The molecule has 6 heteroatoms. The molecule has 0 radical (unpaired) electrons. The Hall–Kier alpha value is -1.59. The van der Waals surface area contributed by atoms with Crippen LogP contribution in [0.3, 0.4) is 0 Å². The number of halogens is 1. The summed E-state index contributed by atoms with van der Waals surface area (Å²) >= 11 is 6.01. The first-order valence-corrected chi connectivity index (χ1v) is 5.88. The lowest BCUT2D eigenvalue weighted by atomic mass is 10.1. The smallest absolute Gasteiger partial charge is 0.237 e. The fourth-order valence-electron chi connectivity index (χ4n) is 1.53. The van der Waals surface area contributed by atoms with Gasteiger partial charge in [-0.05, 0) is 18.6 Å². The molecule has 5 N–H and O–H groups in total. The number of hydrogen-bond donors (Lipinski definition) is 3. The zero-order valence-corrected chi connectivity index (χ0v) is 10.8. The molecule has 18 heavy (non-hydrogen) atoms. The van der Waals surface area contributed by atoms with Gasteiger partial charge in [-0.15, -0.1) is 0 Å². The minimum absolute atomic E-state index is 0.179. The summed E-state index contributed by atoms with van der Waals surface area (Å²) in [5, 5.41) is 3.25. The molecule has 1 unspecified atom stereocenters. The molecule has 1 rings (SSSR count). The highest BCUT2D eigenvalue weighted by Crippen LogP contribution is 2.22. The summed E-state index contributed by atoms with van der Waals surface area (Å²) in [4.78, 5) is 22.4. The van der Waals surface area contributed by atoms with Gasteiger partial charge < -0.3 is 16.8 Å². The molecule has 1 aromatic rings. The largest absolute Gasteiger partial charge is 0.370 e. The van der Waals surface area contributed by atoms with Crippen molar-refractivity contribution >= 4 is 23.4 Å². The van der Waals surface area contributed by atoms with E-state index in [1.54, 1.807) is 19.1 Å². The number of carbonyl (C=O) groups excluding carboxylic acids is 2. The van der Waals surface area contributed by atoms with E-state index in [-0.39, 0.29) is 12.5 Å². The number of nitrogens with one attached hydrogen (secondary N) is 1. The van der Waals surface area contributed by atoms with Gasteiger partial charge in [0.05, 0.1) is 18.5 Å². The molecule has 0 aliphatic carbocycles. The SMILES string of the molecule is C[C@@H](NC(=O)C(N)CC(N)=O)c1ccccc1Cl. The molecule has 98 valence electrons. The van der Waals surface area contributed by atoms with E-state index in [1.165, 1.54) is 0 Å². The van der Waals surface area contributed by atoms with Gasteiger partial charge in [0.1, 0.15) is 0 Å². The summed E-state index contributed by atoms with van der Waals surface area (Å²) in [6.07, 6.45) is -0.179. The molecule has 1 aromatic carbocycles. The van der Waals surface area contributed by atoms with E-state index in [2.05, 4.69) is 5.32 Å². The van der Waals surface area contributed by atoms with Crippen LogP contribution in [-0.4, -0.2) is 17.9 Å². The number of carbonyl (C=O) groups is 2. The number of primary amides is 1. The predicted molar refractivity (Wildman–Crippen MR) is 69.8 cm³/mol. The van der Waals surface area contributed by atoms with E-state index in [4.69, 9.17) is 23.1 Å². The summed E-state index contributed by atoms with van der Waals surface area (Å²) in [7, 11) is 0. The van der Waals surface area contributed by atoms with Gasteiger partial charge in [0, 0.05) is 5.02 Å². The number of rotatable bonds is 5. The van der Waals surface area contributed by atoms with Crippen molar-refractivity contribution in [2.75, 3.05) is 0 Å². The first kappa shape index (κ1) is 14.5. The lowest BCUT2D eigenvalue weighted by Gasteiger charge is -2.18. The van der Waals surface area contributed by atoms with Crippen LogP contribution >= 0.6 is 11.6 Å². The molecule has 0 bridgehead atoms. The van der Waals surface area contributed by atoms with Gasteiger partial charge >= 0.3 is 0 Å². The van der Waals surface area contributed by atoms with Crippen molar-refractivity contribution < 1.29 is 9.59 Å². The van der Waals surface area contributed by atoms with Crippen molar-refractivity contribution in [1.29, 1.82) is 0 Å². The fraction of sp³-hybridized carbons (Fsp3) is 0.333. The molecule has 0 heterocycles. The van der Waals surface area contributed by atoms with E-state index in [0.717, 1.165) is 5.56 Å². The Bertz CT molecular complexity index is 451. The zero-order valence-electron chi connectivity index (χ0n) is 10.0. The minimum atomic E-state index is -0.938. The molecule has 0 fully saturated rings. The third-order valence-electron chi connectivity index (χ3n) is 2.49. The van der Waals surface area contributed by atoms with E-state index in [9.17, 15) is 9.59 Å². The second-order valence-corrected chi connectivity index (χ2v) is 4.44. The molecule has 0 aromatic heterocycles. The van der Waals surface area contributed by atoms with Crippen molar-refractivity contribution in [3.63, 3.8) is 0 Å². The van der Waals surface area contributed by atoms with E-state index < -0.39 is 17.9 Å². The Morgan fingerprint density at radius 1 is 1.39 bits per heavy atom. The molecule has 5 nitrogen and oxygen atoms in total. The normalized spacial score (nSPS) is 13.7. The van der Waals surface area contributed by atoms with Crippen LogP contribution < -0.4 is 16.8 Å². The van der Waals surface area contributed by atoms with Gasteiger partial charge in [0.2, 0.25) is 11.8 Å². The Kier molecular flexibility index (Phi) is 5.12. The lowest BCUT2D eigenvalue weighted by molar-refractivity contribution is -0.126. The molecular formula is C12H16ClN3O2. The minimum Gasteiger partial charge on any atom is -0.370 e. The lowest BCUT2D eigenvalue weighted by Crippen LogP contribution is -2.43. The molecule has 0 aliphatic heterocycles. The second kappa shape index (κ2) is 6.37. The van der Waals surface area contributed by atoms with Crippen molar-refractivity contribution in [3.05, 3.63) is 34.9 Å². The molecule has 0 saturated heterocycles. The molecule has 0 spiro atoms. The Morgan fingerprint density at radius 2 is 2.00 bits per heavy atom. The standard InChI is InChI=1S/C12H16ClN3O2/c1-7(8-4-2-3-5-9(8)13)16-12(18)10(14)6-11(15)17/h2-5,7,10H,6,14H2,1H3,(H2,15,17)(H,16,18)/t7-,10?/m1/s1. The maximum Gasteiger partial charge on any atom is 0.237 e. The molecule has 0 aliphatic rings. The second-order valence-electron chi connectivity index (χ2n) is 4.03. The van der Waals surface area contributed by atoms with Gasteiger partial charge in [-0.3, -0.25) is 9.59 Å². The van der Waals surface area contributed by atoms with Gasteiger partial charge in [-0.2, -0.15) is 0 Å². The average molecular weight is 270 g/mol. The van der Waals surface area contributed by atoms with Crippen LogP contribution in [0.1, 0.15) is 24.9 Å². The Balaban J connectivity index is 2.65. The summed E-state index contributed by atoms with van der Waals surface area (Å²) in [5.41, 5.74) is 11.3. The third-order valence-corrected chi connectivity index (χ3v) is 2.83. The van der Waals surface area contributed by atoms with Crippen LogP contribution in [0.15, 0.2) is 24.3 Å². The zero-order chi connectivity index (χ0) is 13.7. The van der Waals surface area contributed by atoms with Crippen LogP contribution in [0.25, 0.3) is 0 Å². The summed E-state index contributed by atoms with van der Waals surface area (Å²) < 4.78 is 0. The first-order valence-electron chi connectivity index (χ1n) is 5.50. The molecule has 2 atom stereocenters. The van der Waals surface area contributed by atoms with Gasteiger partial charge in [0.15, 0.2) is 0 Å². The quantitative estimate of drug-likeness (QED) is 0.734. The summed E-state index contributed by atoms with van der Waals surface area (Å²) in [5.74, 6) is -1.04. The summed E-state index contributed by atoms with van der Waals surface area (Å²) in [6, 6.07) is 5.96. The van der Waals surface area contributed by atoms with E-state index in [0.29, 0.717) is 5.02 Å². The highest BCUT2D eigenvalue weighted by Gasteiger charge is 2.19. The van der Waals surface area contributed by atoms with Crippen LogP contribution in [0.4, 0.5) is 0 Å².